The van der Waals surface area contributed by atoms with E-state index in [0.29, 0.717) is 18.4 Å². The molecule has 0 bridgehead atoms. The van der Waals surface area contributed by atoms with Crippen LogP contribution in [-0.4, -0.2) is 53.8 Å². The van der Waals surface area contributed by atoms with Crippen LogP contribution in [0.5, 0.6) is 0 Å². The van der Waals surface area contributed by atoms with E-state index in [4.69, 9.17) is 0 Å². The first-order chi connectivity index (χ1) is 11.1. The second-order valence-corrected chi connectivity index (χ2v) is 7.10. The summed E-state index contributed by atoms with van der Waals surface area (Å²) in [6.07, 6.45) is 4.95. The van der Waals surface area contributed by atoms with Crippen LogP contribution >= 0.6 is 0 Å². The number of aryl methyl sites for hydroxylation is 1. The average molecular weight is 319 g/mol. The number of nitrogens with zero attached hydrogens (tertiary/aromatic N) is 3. The smallest absolute Gasteiger partial charge is 0.225 e. The van der Waals surface area contributed by atoms with Crippen molar-refractivity contribution in [2.75, 3.05) is 38.5 Å². The van der Waals surface area contributed by atoms with Crippen LogP contribution in [0, 0.1) is 12.8 Å². The maximum atomic E-state index is 12.3. The molecule has 1 atom stereocenters. The van der Waals surface area contributed by atoms with Crippen molar-refractivity contribution in [3.63, 3.8) is 0 Å². The van der Waals surface area contributed by atoms with Gasteiger partial charge in [0.05, 0.1) is 11.7 Å². The molecule has 2 N–H and O–H groups in total. The van der Waals surface area contributed by atoms with Gasteiger partial charge in [-0.15, -0.1) is 0 Å². The molecular formula is C17H29N5O. The monoisotopic (exact) mass is 319 g/mol. The minimum Gasteiger partial charge on any atom is -0.316 e. The van der Waals surface area contributed by atoms with Gasteiger partial charge in [-0.25, -0.2) is 4.68 Å². The number of carbonyl (C=O) groups is 1. The fraction of sp³-hybridized carbons (Fsp3) is 0.765. The summed E-state index contributed by atoms with van der Waals surface area (Å²) in [6.45, 7) is 6.32. The Hall–Kier alpha value is -1.40. The van der Waals surface area contributed by atoms with Crippen LogP contribution in [0.25, 0.3) is 0 Å². The predicted octanol–water partition coefficient (Wildman–Crippen LogP) is 1.79. The molecule has 0 aliphatic carbocycles. The number of hydrogen-bond acceptors (Lipinski definition) is 4. The molecule has 0 spiro atoms. The fourth-order valence-electron chi connectivity index (χ4n) is 3.63. The molecule has 1 aromatic rings. The van der Waals surface area contributed by atoms with Crippen molar-refractivity contribution >= 4 is 11.7 Å². The highest BCUT2D eigenvalue weighted by atomic mass is 16.1. The molecule has 0 aromatic carbocycles. The van der Waals surface area contributed by atoms with Crippen molar-refractivity contribution in [2.45, 2.75) is 45.1 Å². The molecule has 3 heterocycles. The van der Waals surface area contributed by atoms with E-state index >= 15 is 0 Å². The van der Waals surface area contributed by atoms with E-state index in [1.54, 1.807) is 0 Å². The van der Waals surface area contributed by atoms with Gasteiger partial charge in [0, 0.05) is 12.5 Å². The van der Waals surface area contributed by atoms with Crippen LogP contribution in [0.1, 0.15) is 43.8 Å². The normalized spacial score (nSPS) is 23.3. The van der Waals surface area contributed by atoms with Gasteiger partial charge >= 0.3 is 0 Å². The maximum absolute atomic E-state index is 12.3. The third kappa shape index (κ3) is 4.32. The lowest BCUT2D eigenvalue weighted by Gasteiger charge is -2.30. The lowest BCUT2D eigenvalue weighted by Crippen LogP contribution is -2.32. The second-order valence-electron chi connectivity index (χ2n) is 7.10. The van der Waals surface area contributed by atoms with Crippen LogP contribution < -0.4 is 10.6 Å². The summed E-state index contributed by atoms with van der Waals surface area (Å²) >= 11 is 0. The minimum absolute atomic E-state index is 0.117. The quantitative estimate of drug-likeness (QED) is 0.868. The van der Waals surface area contributed by atoms with Gasteiger partial charge in [-0.05, 0) is 71.8 Å². The predicted molar refractivity (Wildman–Crippen MR) is 91.6 cm³/mol. The Morgan fingerprint density at radius 2 is 2.17 bits per heavy atom. The van der Waals surface area contributed by atoms with Crippen molar-refractivity contribution in [2.24, 2.45) is 5.92 Å². The molecule has 3 rings (SSSR count). The molecule has 0 saturated carbocycles. The average Bonchev–Trinajstić information content (AvgIpc) is 3.16. The highest BCUT2D eigenvalue weighted by molar-refractivity contribution is 5.89. The van der Waals surface area contributed by atoms with E-state index in [0.717, 1.165) is 57.0 Å². The number of carbonyl (C=O) groups excluding carboxylic acids is 1. The zero-order chi connectivity index (χ0) is 16.2. The summed E-state index contributed by atoms with van der Waals surface area (Å²) in [4.78, 5) is 14.6. The molecule has 1 aromatic heterocycles. The first-order valence-corrected chi connectivity index (χ1v) is 8.87. The maximum Gasteiger partial charge on any atom is 0.225 e. The molecule has 6 nitrogen and oxygen atoms in total. The summed E-state index contributed by atoms with van der Waals surface area (Å²) < 4.78 is 2.04. The summed E-state index contributed by atoms with van der Waals surface area (Å²) in [7, 11) is 2.16. The summed E-state index contributed by atoms with van der Waals surface area (Å²) in [6, 6.07) is 2.39. The molecule has 1 unspecified atom stereocenters. The molecule has 128 valence electrons. The van der Waals surface area contributed by atoms with Crippen molar-refractivity contribution in [1.29, 1.82) is 0 Å². The van der Waals surface area contributed by atoms with Gasteiger partial charge in [-0.3, -0.25) is 4.79 Å². The van der Waals surface area contributed by atoms with Crippen molar-refractivity contribution in [3.8, 4) is 0 Å². The molecule has 23 heavy (non-hydrogen) atoms. The van der Waals surface area contributed by atoms with Gasteiger partial charge in [0.2, 0.25) is 5.91 Å². The van der Waals surface area contributed by atoms with Gasteiger partial charge in [0.15, 0.2) is 0 Å². The molecule has 1 amide bonds. The molecule has 0 radical (unpaired) electrons. The largest absolute Gasteiger partial charge is 0.316 e. The van der Waals surface area contributed by atoms with E-state index in [-0.39, 0.29) is 5.91 Å². The number of amides is 1. The SMILES string of the molecule is Cc1cc(NC(=O)CCC2CCNC2)n(C2CCN(C)CC2)n1. The summed E-state index contributed by atoms with van der Waals surface area (Å²) in [5.74, 6) is 1.64. The first kappa shape index (κ1) is 16.5. The Morgan fingerprint density at radius 3 is 2.87 bits per heavy atom. The first-order valence-electron chi connectivity index (χ1n) is 8.87. The molecule has 2 aliphatic rings. The van der Waals surface area contributed by atoms with Crippen molar-refractivity contribution < 1.29 is 4.79 Å². The highest BCUT2D eigenvalue weighted by Gasteiger charge is 2.22. The Balaban J connectivity index is 1.57. The number of nitrogens with one attached hydrogen (secondary N) is 2. The van der Waals surface area contributed by atoms with Crippen LogP contribution in [0.3, 0.4) is 0 Å². The van der Waals surface area contributed by atoms with E-state index in [1.165, 1.54) is 6.42 Å². The number of hydrogen-bond donors (Lipinski definition) is 2. The van der Waals surface area contributed by atoms with Crippen LogP contribution in [0.4, 0.5) is 5.82 Å². The second kappa shape index (κ2) is 7.45. The molecule has 6 heteroatoms. The molecule has 2 saturated heterocycles. The van der Waals surface area contributed by atoms with Gasteiger partial charge in [0.25, 0.3) is 0 Å². The molecule has 2 aliphatic heterocycles. The summed E-state index contributed by atoms with van der Waals surface area (Å²) in [5, 5.41) is 11.1. The minimum atomic E-state index is 0.117. The Kier molecular flexibility index (Phi) is 5.33. The number of aromatic nitrogens is 2. The zero-order valence-electron chi connectivity index (χ0n) is 14.3. The van der Waals surface area contributed by atoms with E-state index in [1.807, 2.05) is 17.7 Å². The Bertz CT molecular complexity index is 527. The highest BCUT2D eigenvalue weighted by Crippen LogP contribution is 2.26. The van der Waals surface area contributed by atoms with E-state index in [2.05, 4.69) is 27.7 Å². The van der Waals surface area contributed by atoms with E-state index in [9.17, 15) is 4.79 Å². The third-order valence-corrected chi connectivity index (χ3v) is 5.10. The van der Waals surface area contributed by atoms with Crippen molar-refractivity contribution in [1.82, 2.24) is 20.0 Å². The third-order valence-electron chi connectivity index (χ3n) is 5.10. The van der Waals surface area contributed by atoms with Gasteiger partial charge in [-0.1, -0.05) is 0 Å². The van der Waals surface area contributed by atoms with E-state index < -0.39 is 0 Å². The van der Waals surface area contributed by atoms with Crippen LogP contribution in [0.15, 0.2) is 6.07 Å². The molecule has 2 fully saturated rings. The summed E-state index contributed by atoms with van der Waals surface area (Å²) in [5.41, 5.74) is 0.972. The number of rotatable bonds is 5. The Labute approximate surface area is 138 Å². The number of piperidine rings is 1. The zero-order valence-corrected chi connectivity index (χ0v) is 14.3. The number of likely N-dealkylation sites (tertiary alicyclic amines) is 1. The fourth-order valence-corrected chi connectivity index (χ4v) is 3.63. The lowest BCUT2D eigenvalue weighted by molar-refractivity contribution is -0.116. The van der Waals surface area contributed by atoms with Gasteiger partial charge in [-0.2, -0.15) is 5.10 Å². The van der Waals surface area contributed by atoms with Crippen LogP contribution in [-0.2, 0) is 4.79 Å². The van der Waals surface area contributed by atoms with Crippen LogP contribution in [0.2, 0.25) is 0 Å². The standard InChI is InChI=1S/C17H29N5O/c1-13-11-16(19-17(23)4-3-14-5-8-18-12-14)22(20-13)15-6-9-21(2)10-7-15/h11,14-15,18H,3-10,12H2,1-2H3,(H,19,23). The van der Waals surface area contributed by atoms with Gasteiger partial charge < -0.3 is 15.5 Å². The Morgan fingerprint density at radius 1 is 1.39 bits per heavy atom. The van der Waals surface area contributed by atoms with Gasteiger partial charge in [0.1, 0.15) is 5.82 Å². The van der Waals surface area contributed by atoms with Crippen molar-refractivity contribution in [3.05, 3.63) is 11.8 Å². The lowest BCUT2D eigenvalue weighted by atomic mass is 10.0. The number of anilines is 1. The topological polar surface area (TPSA) is 62.2 Å². The molecular weight excluding hydrogens is 290 g/mol.